The predicted molar refractivity (Wildman–Crippen MR) is 254 cm³/mol. The van der Waals surface area contributed by atoms with Gasteiger partial charge in [0.05, 0.1) is 23.8 Å². The van der Waals surface area contributed by atoms with Gasteiger partial charge < -0.3 is 38.7 Å². The summed E-state index contributed by atoms with van der Waals surface area (Å²) in [7, 11) is 1.70. The van der Waals surface area contributed by atoms with Crippen LogP contribution in [-0.4, -0.2) is 134 Å². The van der Waals surface area contributed by atoms with Crippen LogP contribution >= 0.6 is 0 Å². The molecular formula is C54H60F7N5O7. The Kier molecular flexibility index (Phi) is 16.5. The Morgan fingerprint density at radius 2 is 1.40 bits per heavy atom. The van der Waals surface area contributed by atoms with E-state index >= 15 is 0 Å². The van der Waals surface area contributed by atoms with Crippen molar-refractivity contribution in [2.24, 2.45) is 0 Å². The minimum absolute atomic E-state index is 0.00710. The molecule has 3 heterocycles. The van der Waals surface area contributed by atoms with Crippen molar-refractivity contribution in [1.82, 2.24) is 24.5 Å². The Hall–Kier alpha value is -6.05. The SMILES string of the molecule is CN(CCCC(=O)N1CCCN(C(=O)OCc2ccccc2)CCC1)C(=O)CO[C@H]1Cc2ccccc2C12CCN(CC[C@@]1(c3ccc(F)cc3)CN(C(=O)c3cc(C(F)(F)F)cc(C(F)(F)F)c3)CO1)CC2. The molecule has 3 saturated heterocycles. The Bertz CT molecular complexity index is 2530. The van der Waals surface area contributed by atoms with Crippen molar-refractivity contribution < 1.29 is 64.1 Å². The lowest BCUT2D eigenvalue weighted by atomic mass is 9.72. The molecule has 1 aliphatic carbocycles. The predicted octanol–water partition coefficient (Wildman–Crippen LogP) is 9.05. The van der Waals surface area contributed by atoms with Crippen LogP contribution in [0.25, 0.3) is 0 Å². The van der Waals surface area contributed by atoms with Crippen LogP contribution in [0.15, 0.2) is 97.1 Å². The van der Waals surface area contributed by atoms with E-state index in [4.69, 9.17) is 14.2 Å². The minimum Gasteiger partial charge on any atom is -0.445 e. The van der Waals surface area contributed by atoms with Crippen molar-refractivity contribution in [3.8, 4) is 0 Å². The molecule has 3 aliphatic heterocycles. The summed E-state index contributed by atoms with van der Waals surface area (Å²) in [5.41, 5.74) is -1.93. The second-order valence-corrected chi connectivity index (χ2v) is 19.5. The van der Waals surface area contributed by atoms with Crippen molar-refractivity contribution in [3.05, 3.63) is 142 Å². The van der Waals surface area contributed by atoms with E-state index in [9.17, 15) is 49.9 Å². The van der Waals surface area contributed by atoms with Gasteiger partial charge in [-0.05, 0) is 111 Å². The second kappa shape index (κ2) is 22.6. The van der Waals surface area contributed by atoms with Crippen LogP contribution in [-0.2, 0) is 60.2 Å². The molecule has 0 N–H and O–H groups in total. The highest BCUT2D eigenvalue weighted by Crippen LogP contribution is 2.48. The van der Waals surface area contributed by atoms with E-state index in [2.05, 4.69) is 17.0 Å². The molecule has 0 radical (unpaired) electrons. The molecule has 4 amide bonds. The van der Waals surface area contributed by atoms with E-state index in [-0.39, 0.29) is 62.7 Å². The van der Waals surface area contributed by atoms with Gasteiger partial charge in [0.15, 0.2) is 0 Å². The maximum Gasteiger partial charge on any atom is 0.416 e. The topological polar surface area (TPSA) is 112 Å². The van der Waals surface area contributed by atoms with Crippen LogP contribution < -0.4 is 0 Å². The lowest BCUT2D eigenvalue weighted by Gasteiger charge is -2.44. The van der Waals surface area contributed by atoms with Crippen molar-refractivity contribution in [3.63, 3.8) is 0 Å². The fourth-order valence-corrected chi connectivity index (χ4v) is 10.7. The van der Waals surface area contributed by atoms with E-state index in [1.54, 1.807) is 16.8 Å². The van der Waals surface area contributed by atoms with Gasteiger partial charge in [-0.3, -0.25) is 14.4 Å². The average Bonchev–Trinajstić information content (AvgIpc) is 3.94. The number of nitrogens with zero attached hydrogens (tertiary/aromatic N) is 5. The molecule has 0 unspecified atom stereocenters. The molecule has 73 heavy (non-hydrogen) atoms. The third-order valence-electron chi connectivity index (χ3n) is 14.8. The van der Waals surface area contributed by atoms with Gasteiger partial charge in [-0.2, -0.15) is 26.3 Å². The number of hydrogen-bond acceptors (Lipinski definition) is 8. The number of ether oxygens (including phenoxy) is 3. The Morgan fingerprint density at radius 3 is 2.05 bits per heavy atom. The van der Waals surface area contributed by atoms with Crippen molar-refractivity contribution in [2.75, 3.05) is 79.3 Å². The van der Waals surface area contributed by atoms with Gasteiger partial charge in [-0.15, -0.1) is 0 Å². The molecule has 2 atom stereocenters. The molecule has 1 spiro atoms. The monoisotopic (exact) mass is 1020 g/mol. The zero-order chi connectivity index (χ0) is 52.0. The number of benzene rings is 4. The van der Waals surface area contributed by atoms with E-state index in [1.165, 1.54) is 29.8 Å². The van der Waals surface area contributed by atoms with Crippen LogP contribution in [0.2, 0.25) is 0 Å². The third-order valence-corrected chi connectivity index (χ3v) is 14.8. The first kappa shape index (κ1) is 53.2. The third kappa shape index (κ3) is 12.7. The number of amides is 4. The van der Waals surface area contributed by atoms with Gasteiger partial charge >= 0.3 is 18.4 Å². The summed E-state index contributed by atoms with van der Waals surface area (Å²) in [5, 5.41) is 0. The number of halogens is 7. The Labute approximate surface area is 419 Å². The summed E-state index contributed by atoms with van der Waals surface area (Å²) in [4.78, 5) is 61.5. The highest BCUT2D eigenvalue weighted by molar-refractivity contribution is 5.95. The normalized spacial score (nSPS) is 20.4. The van der Waals surface area contributed by atoms with Crippen LogP contribution in [0.3, 0.4) is 0 Å². The quantitative estimate of drug-likeness (QED) is 0.115. The molecule has 4 aromatic rings. The lowest BCUT2D eigenvalue weighted by molar-refractivity contribution is -0.143. The van der Waals surface area contributed by atoms with Crippen LogP contribution in [0.4, 0.5) is 35.5 Å². The number of likely N-dealkylation sites (N-methyl/N-ethyl adjacent to an activating group) is 1. The Morgan fingerprint density at radius 1 is 0.767 bits per heavy atom. The maximum absolute atomic E-state index is 14.2. The minimum atomic E-state index is -5.14. The van der Waals surface area contributed by atoms with Gasteiger partial charge in [-0.25, -0.2) is 9.18 Å². The zero-order valence-electron chi connectivity index (χ0n) is 40.7. The number of carbonyl (C=O) groups is 4. The number of fused-ring (bicyclic) bond motifs is 2. The molecule has 4 aromatic carbocycles. The molecule has 0 aromatic heterocycles. The van der Waals surface area contributed by atoms with E-state index < -0.39 is 58.5 Å². The van der Waals surface area contributed by atoms with E-state index in [0.29, 0.717) is 109 Å². The fourth-order valence-electron chi connectivity index (χ4n) is 10.7. The first-order valence-electron chi connectivity index (χ1n) is 24.7. The smallest absolute Gasteiger partial charge is 0.416 e. The molecule has 0 saturated carbocycles. The lowest BCUT2D eigenvalue weighted by Crippen LogP contribution is -2.50. The standard InChI is InChI=1S/C54H60F7N5O7/c1-62(22-7-14-47(67)64-23-8-25-65(26-9-24-64)50(70)72-34-38-10-3-2-4-11-38)48(68)35-71-46-32-39-12-5-6-13-45(39)51(46)19-27-63(28-20-51)29-21-52(41-15-17-44(55)18-16-41)36-66(37-73-52)49(69)40-30-42(53(56,57)58)33-43(31-40)54(59,60)61/h2-6,10-13,15-18,30-31,33,46H,7-9,14,19-29,32,34-37H2,1H3/t46-,52-/m0/s1. The van der Waals surface area contributed by atoms with Crippen LogP contribution in [0.1, 0.15) is 88.7 Å². The highest BCUT2D eigenvalue weighted by Gasteiger charge is 2.50. The molecule has 19 heteroatoms. The second-order valence-electron chi connectivity index (χ2n) is 19.5. The first-order chi connectivity index (χ1) is 34.8. The van der Waals surface area contributed by atoms with Gasteiger partial charge in [0, 0.05) is 63.7 Å². The van der Waals surface area contributed by atoms with E-state index in [1.807, 2.05) is 47.4 Å². The summed E-state index contributed by atoms with van der Waals surface area (Å²) < 4.78 is 115. The zero-order valence-corrected chi connectivity index (χ0v) is 40.7. The fraction of sp³-hybridized carbons (Fsp3) is 0.481. The van der Waals surface area contributed by atoms with Gasteiger partial charge in [0.25, 0.3) is 5.91 Å². The number of rotatable bonds is 14. The number of likely N-dealkylation sites (tertiary alicyclic amines) is 1. The first-order valence-corrected chi connectivity index (χ1v) is 24.7. The van der Waals surface area contributed by atoms with Gasteiger partial charge in [-0.1, -0.05) is 66.7 Å². The molecule has 12 nitrogen and oxygen atoms in total. The summed E-state index contributed by atoms with van der Waals surface area (Å²) >= 11 is 0. The number of alkyl halides is 6. The van der Waals surface area contributed by atoms with Crippen molar-refractivity contribution in [2.45, 2.75) is 87.4 Å². The molecule has 8 rings (SSSR count). The van der Waals surface area contributed by atoms with Crippen molar-refractivity contribution in [1.29, 1.82) is 0 Å². The maximum atomic E-state index is 14.2. The van der Waals surface area contributed by atoms with Crippen LogP contribution in [0.5, 0.6) is 0 Å². The highest BCUT2D eigenvalue weighted by atomic mass is 19.4. The molecule has 0 bridgehead atoms. The van der Waals surface area contributed by atoms with Crippen molar-refractivity contribution >= 4 is 23.8 Å². The summed E-state index contributed by atoms with van der Waals surface area (Å²) in [6.45, 7) is 3.47. The Balaban J connectivity index is 0.829. The average molecular weight is 1020 g/mol. The summed E-state index contributed by atoms with van der Waals surface area (Å²) in [6.07, 6.45) is -6.69. The number of hydrogen-bond donors (Lipinski definition) is 0. The molecule has 3 fully saturated rings. The summed E-state index contributed by atoms with van der Waals surface area (Å²) in [5.74, 6) is -1.79. The van der Waals surface area contributed by atoms with Crippen LogP contribution in [0, 0.1) is 5.82 Å². The van der Waals surface area contributed by atoms with Gasteiger partial charge in [0.1, 0.15) is 31.4 Å². The number of piperidine rings is 1. The van der Waals surface area contributed by atoms with Gasteiger partial charge in [0.2, 0.25) is 11.8 Å². The number of carbonyl (C=O) groups excluding carboxylic acids is 4. The van der Waals surface area contributed by atoms with E-state index in [0.717, 1.165) is 16.0 Å². The summed E-state index contributed by atoms with van der Waals surface area (Å²) in [6, 6.07) is 23.8. The molecular weight excluding hydrogens is 964 g/mol. The largest absolute Gasteiger partial charge is 0.445 e. The molecule has 4 aliphatic rings. The molecule has 392 valence electrons.